The van der Waals surface area contributed by atoms with Gasteiger partial charge in [-0.15, -0.1) is 0 Å². The Labute approximate surface area is 190 Å². The molecule has 1 saturated heterocycles. The summed E-state index contributed by atoms with van der Waals surface area (Å²) in [6, 6.07) is 10.2. The first-order valence-electron chi connectivity index (χ1n) is 9.36. The van der Waals surface area contributed by atoms with E-state index < -0.39 is 16.1 Å². The summed E-state index contributed by atoms with van der Waals surface area (Å²) in [5, 5.41) is 15.8. The van der Waals surface area contributed by atoms with Crippen molar-refractivity contribution in [3.63, 3.8) is 0 Å². The van der Waals surface area contributed by atoms with Crippen molar-refractivity contribution in [3.8, 4) is 17.6 Å². The molecule has 11 heteroatoms. The van der Waals surface area contributed by atoms with Crippen LogP contribution in [0.4, 0.5) is 0 Å². The first kappa shape index (κ1) is 23.3. The van der Waals surface area contributed by atoms with Crippen LogP contribution >= 0.6 is 23.2 Å². The highest BCUT2D eigenvalue weighted by Gasteiger charge is 2.35. The van der Waals surface area contributed by atoms with E-state index in [1.807, 2.05) is 6.07 Å². The largest absolute Gasteiger partial charge is 0.456 e. The number of hydrogen-bond acceptors (Lipinski definition) is 6. The Morgan fingerprint density at radius 1 is 1.29 bits per heavy atom. The lowest BCUT2D eigenvalue weighted by Gasteiger charge is -2.35. The van der Waals surface area contributed by atoms with Crippen molar-refractivity contribution in [1.82, 2.24) is 14.9 Å². The van der Waals surface area contributed by atoms with Crippen LogP contribution in [0.3, 0.4) is 0 Å². The second-order valence-corrected chi connectivity index (χ2v) is 9.62. The molecule has 0 aromatic heterocycles. The quantitative estimate of drug-likeness (QED) is 0.654. The molecule has 31 heavy (non-hydrogen) atoms. The number of benzene rings is 2. The van der Waals surface area contributed by atoms with Gasteiger partial charge in [-0.1, -0.05) is 23.2 Å². The molecule has 8 nitrogen and oxygen atoms in total. The van der Waals surface area contributed by atoms with E-state index in [1.165, 1.54) is 47.6 Å². The van der Waals surface area contributed by atoms with Crippen LogP contribution in [0.2, 0.25) is 10.0 Å². The lowest BCUT2D eigenvalue weighted by atomic mass is 10.2. The van der Waals surface area contributed by atoms with Gasteiger partial charge in [-0.2, -0.15) is 9.57 Å². The lowest BCUT2D eigenvalue weighted by Crippen LogP contribution is -2.57. The van der Waals surface area contributed by atoms with E-state index in [4.69, 9.17) is 27.9 Å². The van der Waals surface area contributed by atoms with Gasteiger partial charge in [0.2, 0.25) is 15.9 Å². The van der Waals surface area contributed by atoms with Crippen LogP contribution < -0.4 is 15.4 Å². The molecule has 1 amide bonds. The van der Waals surface area contributed by atoms with Crippen LogP contribution in [0.1, 0.15) is 12.5 Å². The minimum atomic E-state index is -4.06. The molecule has 0 spiro atoms. The molecule has 0 radical (unpaired) electrons. The van der Waals surface area contributed by atoms with Gasteiger partial charge in [0, 0.05) is 43.1 Å². The van der Waals surface area contributed by atoms with Crippen LogP contribution in [-0.4, -0.2) is 50.9 Å². The molecular formula is C20H20Cl2N4O4S. The van der Waals surface area contributed by atoms with Crippen LogP contribution in [0.15, 0.2) is 41.3 Å². The summed E-state index contributed by atoms with van der Waals surface area (Å²) >= 11 is 12.0. The Morgan fingerprint density at radius 3 is 2.65 bits per heavy atom. The maximum Gasteiger partial charge on any atom is 0.247 e. The number of piperazine rings is 1. The number of carbonyl (C=O) groups is 1. The van der Waals surface area contributed by atoms with E-state index in [9.17, 15) is 18.5 Å². The number of hydrogen-bond donors (Lipinski definition) is 2. The molecule has 2 aromatic carbocycles. The summed E-state index contributed by atoms with van der Waals surface area (Å²) in [5.41, 5.74) is 0.170. The predicted molar refractivity (Wildman–Crippen MR) is 117 cm³/mol. The van der Waals surface area contributed by atoms with E-state index in [1.54, 1.807) is 0 Å². The number of carbonyl (C=O) groups excluding carboxylic acids is 1. The smallest absolute Gasteiger partial charge is 0.247 e. The third-order valence-corrected chi connectivity index (χ3v) is 7.02. The first-order chi connectivity index (χ1) is 14.7. The molecule has 1 unspecified atom stereocenters. The molecule has 0 aliphatic carbocycles. The number of nitrogens with one attached hydrogen (secondary N) is 2. The van der Waals surface area contributed by atoms with Gasteiger partial charge in [0.15, 0.2) is 0 Å². The Balaban J connectivity index is 2.02. The summed E-state index contributed by atoms with van der Waals surface area (Å²) in [7, 11) is -4.06. The van der Waals surface area contributed by atoms with Crippen molar-refractivity contribution >= 4 is 39.1 Å². The maximum atomic E-state index is 13.6. The van der Waals surface area contributed by atoms with Gasteiger partial charge in [-0.05, 0) is 36.4 Å². The number of nitriles is 1. The Morgan fingerprint density at radius 2 is 2.00 bits per heavy atom. The Hall–Kier alpha value is -2.35. The molecule has 1 heterocycles. The Kier molecular flexibility index (Phi) is 7.41. The average Bonchev–Trinajstić information content (AvgIpc) is 2.72. The average molecular weight is 483 g/mol. The highest BCUT2D eigenvalue weighted by molar-refractivity contribution is 7.89. The van der Waals surface area contributed by atoms with E-state index in [0.717, 1.165) is 0 Å². The number of nitrogens with zero attached hydrogens (tertiary/aromatic N) is 2. The fourth-order valence-corrected chi connectivity index (χ4v) is 5.47. The molecular weight excluding hydrogens is 463 g/mol. The molecule has 1 aliphatic rings. The van der Waals surface area contributed by atoms with Crippen LogP contribution in [0.25, 0.3) is 0 Å². The normalized spacial score (nSPS) is 17.0. The van der Waals surface area contributed by atoms with Crippen molar-refractivity contribution in [2.24, 2.45) is 0 Å². The van der Waals surface area contributed by atoms with Gasteiger partial charge in [0.25, 0.3) is 0 Å². The molecule has 2 N–H and O–H groups in total. The zero-order valence-electron chi connectivity index (χ0n) is 16.6. The second kappa shape index (κ2) is 9.85. The van der Waals surface area contributed by atoms with E-state index in [0.29, 0.717) is 23.1 Å². The minimum Gasteiger partial charge on any atom is -0.456 e. The van der Waals surface area contributed by atoms with E-state index >= 15 is 0 Å². The van der Waals surface area contributed by atoms with Crippen molar-refractivity contribution in [1.29, 1.82) is 5.26 Å². The number of ether oxygens (including phenoxy) is 1. The van der Waals surface area contributed by atoms with Gasteiger partial charge >= 0.3 is 0 Å². The van der Waals surface area contributed by atoms with Crippen LogP contribution in [-0.2, 0) is 14.8 Å². The molecule has 2 aromatic rings. The fourth-order valence-electron chi connectivity index (χ4n) is 3.20. The van der Waals surface area contributed by atoms with Gasteiger partial charge in [0.05, 0.1) is 17.7 Å². The van der Waals surface area contributed by atoms with E-state index in [2.05, 4.69) is 10.6 Å². The SMILES string of the molecule is CC(=O)NCC1CNCCN1S(=O)(=O)c1cc(C#N)ccc1Oc1cc(Cl)cc(Cl)c1. The molecule has 3 rings (SSSR count). The summed E-state index contributed by atoms with van der Waals surface area (Å²) in [6.07, 6.45) is 0. The first-order valence-corrected chi connectivity index (χ1v) is 11.6. The van der Waals surface area contributed by atoms with E-state index in [-0.39, 0.29) is 41.0 Å². The van der Waals surface area contributed by atoms with Gasteiger partial charge in [0.1, 0.15) is 16.4 Å². The number of sulfonamides is 1. The zero-order chi connectivity index (χ0) is 22.6. The summed E-state index contributed by atoms with van der Waals surface area (Å²) < 4.78 is 34.3. The fraction of sp³-hybridized carbons (Fsp3) is 0.300. The molecule has 0 saturated carbocycles. The predicted octanol–water partition coefficient (Wildman–Crippen LogP) is 2.76. The molecule has 1 atom stereocenters. The minimum absolute atomic E-state index is 0.0362. The van der Waals surface area contributed by atoms with Crippen molar-refractivity contribution < 1.29 is 17.9 Å². The monoisotopic (exact) mass is 482 g/mol. The van der Waals surface area contributed by atoms with Crippen LogP contribution in [0.5, 0.6) is 11.5 Å². The topological polar surface area (TPSA) is 112 Å². The van der Waals surface area contributed by atoms with Crippen LogP contribution in [0, 0.1) is 11.3 Å². The summed E-state index contributed by atoms with van der Waals surface area (Å²) in [5.74, 6) is 0.0409. The standard InChI is InChI=1S/C20H20Cl2N4O4S/c1-13(27)25-12-17-11-24-4-5-26(17)31(28,29)20-6-14(10-23)2-3-19(20)30-18-8-15(21)7-16(22)9-18/h2-3,6-9,17,24H,4-5,11-12H2,1H3,(H,25,27). The maximum absolute atomic E-state index is 13.6. The van der Waals surface area contributed by atoms with Gasteiger partial charge in [-0.25, -0.2) is 8.42 Å². The molecule has 164 valence electrons. The lowest BCUT2D eigenvalue weighted by molar-refractivity contribution is -0.119. The number of halogens is 2. The van der Waals surface area contributed by atoms with Crippen molar-refractivity contribution in [3.05, 3.63) is 52.0 Å². The summed E-state index contributed by atoms with van der Waals surface area (Å²) in [6.45, 7) is 2.55. The van der Waals surface area contributed by atoms with Gasteiger partial charge in [-0.3, -0.25) is 4.79 Å². The number of amides is 1. The van der Waals surface area contributed by atoms with Crippen molar-refractivity contribution in [2.45, 2.75) is 17.9 Å². The highest BCUT2D eigenvalue weighted by atomic mass is 35.5. The number of rotatable bonds is 6. The third kappa shape index (κ3) is 5.67. The third-order valence-electron chi connectivity index (χ3n) is 4.61. The van der Waals surface area contributed by atoms with Gasteiger partial charge < -0.3 is 15.4 Å². The molecule has 1 fully saturated rings. The summed E-state index contributed by atoms with van der Waals surface area (Å²) in [4.78, 5) is 11.2. The zero-order valence-corrected chi connectivity index (χ0v) is 18.9. The van der Waals surface area contributed by atoms with Crippen molar-refractivity contribution in [2.75, 3.05) is 26.2 Å². The Bertz CT molecular complexity index is 1110. The second-order valence-electron chi connectivity index (χ2n) is 6.89. The highest BCUT2D eigenvalue weighted by Crippen LogP contribution is 2.34. The molecule has 0 bridgehead atoms. The molecule has 1 aliphatic heterocycles.